The molecule has 18 heavy (non-hydrogen) atoms. The Bertz CT molecular complexity index is 397. The molecule has 0 heterocycles. The highest BCUT2D eigenvalue weighted by molar-refractivity contribution is 9.10. The van der Waals surface area contributed by atoms with Crippen molar-refractivity contribution in [3.63, 3.8) is 0 Å². The monoisotopic (exact) mass is 314 g/mol. The van der Waals surface area contributed by atoms with Crippen molar-refractivity contribution >= 4 is 21.8 Å². The van der Waals surface area contributed by atoms with Gasteiger partial charge in [0, 0.05) is 25.6 Å². The van der Waals surface area contributed by atoms with Gasteiger partial charge in [-0.3, -0.25) is 4.79 Å². The first kappa shape index (κ1) is 15.0. The molecule has 1 aromatic carbocycles. The average Bonchev–Trinajstić information content (AvgIpc) is 2.37. The Morgan fingerprint density at radius 3 is 2.83 bits per heavy atom. The van der Waals surface area contributed by atoms with Gasteiger partial charge in [0.25, 0.3) is 0 Å². The SMILES string of the molecule is CNCc1cccc(Br)c1OCCCC(=O)NC. The lowest BCUT2D eigenvalue weighted by molar-refractivity contribution is -0.120. The van der Waals surface area contributed by atoms with Gasteiger partial charge in [-0.2, -0.15) is 0 Å². The topological polar surface area (TPSA) is 50.4 Å². The molecule has 0 aromatic heterocycles. The summed E-state index contributed by atoms with van der Waals surface area (Å²) in [6, 6.07) is 5.96. The Morgan fingerprint density at radius 1 is 1.39 bits per heavy atom. The molecule has 0 aliphatic carbocycles. The van der Waals surface area contributed by atoms with Gasteiger partial charge in [-0.1, -0.05) is 12.1 Å². The van der Waals surface area contributed by atoms with Crippen LogP contribution in [0, 0.1) is 0 Å². The van der Waals surface area contributed by atoms with Crippen molar-refractivity contribution in [1.82, 2.24) is 10.6 Å². The van der Waals surface area contributed by atoms with E-state index in [1.807, 2.05) is 25.2 Å². The summed E-state index contributed by atoms with van der Waals surface area (Å²) in [5, 5.41) is 5.70. The fraction of sp³-hybridized carbons (Fsp3) is 0.462. The largest absolute Gasteiger partial charge is 0.492 e. The van der Waals surface area contributed by atoms with Crippen LogP contribution in [0.2, 0.25) is 0 Å². The molecule has 0 aliphatic heterocycles. The molecule has 5 heteroatoms. The molecule has 0 radical (unpaired) electrons. The highest BCUT2D eigenvalue weighted by Crippen LogP contribution is 2.29. The predicted molar refractivity (Wildman–Crippen MR) is 75.7 cm³/mol. The minimum Gasteiger partial charge on any atom is -0.492 e. The number of carbonyl (C=O) groups excluding carboxylic acids is 1. The summed E-state index contributed by atoms with van der Waals surface area (Å²) < 4.78 is 6.69. The molecular formula is C13H19BrN2O2. The molecule has 100 valence electrons. The van der Waals surface area contributed by atoms with E-state index in [0.29, 0.717) is 19.4 Å². The van der Waals surface area contributed by atoms with Gasteiger partial charge in [0.1, 0.15) is 5.75 Å². The predicted octanol–water partition coefficient (Wildman–Crippen LogP) is 2.07. The number of ether oxygens (including phenoxy) is 1. The molecule has 0 atom stereocenters. The normalized spacial score (nSPS) is 10.2. The Kier molecular flexibility index (Phi) is 6.75. The van der Waals surface area contributed by atoms with Gasteiger partial charge in [0.05, 0.1) is 11.1 Å². The Hall–Kier alpha value is -1.07. The molecule has 0 aliphatic rings. The van der Waals surface area contributed by atoms with Crippen molar-refractivity contribution in [3.05, 3.63) is 28.2 Å². The molecule has 1 amide bonds. The third-order valence-electron chi connectivity index (χ3n) is 2.49. The molecule has 0 spiro atoms. The first-order valence-corrected chi connectivity index (χ1v) is 6.73. The van der Waals surface area contributed by atoms with Crippen LogP contribution in [-0.4, -0.2) is 26.6 Å². The maximum Gasteiger partial charge on any atom is 0.219 e. The lowest BCUT2D eigenvalue weighted by Gasteiger charge is -2.13. The number of halogens is 1. The molecule has 4 nitrogen and oxygen atoms in total. The van der Waals surface area contributed by atoms with Crippen LogP contribution in [0.25, 0.3) is 0 Å². The minimum absolute atomic E-state index is 0.0428. The van der Waals surface area contributed by atoms with Gasteiger partial charge in [0.2, 0.25) is 5.91 Å². The van der Waals surface area contributed by atoms with Gasteiger partial charge >= 0.3 is 0 Å². The molecule has 0 saturated heterocycles. The van der Waals surface area contributed by atoms with E-state index in [0.717, 1.165) is 22.3 Å². The molecule has 1 aromatic rings. The summed E-state index contributed by atoms with van der Waals surface area (Å²) >= 11 is 3.48. The molecule has 0 fully saturated rings. The van der Waals surface area contributed by atoms with Crippen LogP contribution in [0.5, 0.6) is 5.75 Å². The molecule has 1 rings (SSSR count). The molecular weight excluding hydrogens is 296 g/mol. The van der Waals surface area contributed by atoms with E-state index in [-0.39, 0.29) is 5.91 Å². The number of rotatable bonds is 7. The summed E-state index contributed by atoms with van der Waals surface area (Å²) in [6.45, 7) is 1.29. The second kappa shape index (κ2) is 8.11. The second-order valence-corrected chi connectivity index (χ2v) is 4.74. The van der Waals surface area contributed by atoms with Crippen molar-refractivity contribution in [2.24, 2.45) is 0 Å². The number of hydrogen-bond donors (Lipinski definition) is 2. The van der Waals surface area contributed by atoms with Crippen LogP contribution in [-0.2, 0) is 11.3 Å². The fourth-order valence-corrected chi connectivity index (χ4v) is 2.10. The van der Waals surface area contributed by atoms with Crippen LogP contribution in [0.4, 0.5) is 0 Å². The minimum atomic E-state index is 0.0428. The maximum absolute atomic E-state index is 11.1. The molecule has 0 saturated carbocycles. The Balaban J connectivity index is 2.52. The van der Waals surface area contributed by atoms with Crippen LogP contribution >= 0.6 is 15.9 Å². The number of amides is 1. The van der Waals surface area contributed by atoms with Crippen molar-refractivity contribution < 1.29 is 9.53 Å². The summed E-state index contributed by atoms with van der Waals surface area (Å²) in [6.07, 6.45) is 1.20. The zero-order valence-corrected chi connectivity index (χ0v) is 12.3. The van der Waals surface area contributed by atoms with Crippen LogP contribution in [0.15, 0.2) is 22.7 Å². The number of carbonyl (C=O) groups is 1. The molecule has 0 unspecified atom stereocenters. The summed E-state index contributed by atoms with van der Waals surface area (Å²) in [5.41, 5.74) is 1.10. The lowest BCUT2D eigenvalue weighted by Crippen LogP contribution is -2.18. The summed E-state index contributed by atoms with van der Waals surface area (Å²) in [7, 11) is 3.54. The van der Waals surface area contributed by atoms with Gasteiger partial charge < -0.3 is 15.4 Å². The maximum atomic E-state index is 11.1. The molecule has 2 N–H and O–H groups in total. The number of benzene rings is 1. The lowest BCUT2D eigenvalue weighted by atomic mass is 10.2. The number of nitrogens with one attached hydrogen (secondary N) is 2. The van der Waals surface area contributed by atoms with E-state index in [1.165, 1.54) is 0 Å². The van der Waals surface area contributed by atoms with Gasteiger partial charge in [-0.15, -0.1) is 0 Å². The standard InChI is InChI=1S/C13H19BrN2O2/c1-15-9-10-5-3-6-11(14)13(10)18-8-4-7-12(17)16-2/h3,5-6,15H,4,7-9H2,1-2H3,(H,16,17). The third-order valence-corrected chi connectivity index (χ3v) is 3.11. The van der Waals surface area contributed by atoms with Crippen LogP contribution in [0.1, 0.15) is 18.4 Å². The quantitative estimate of drug-likeness (QED) is 0.758. The average molecular weight is 315 g/mol. The zero-order valence-electron chi connectivity index (χ0n) is 10.8. The van der Waals surface area contributed by atoms with Crippen molar-refractivity contribution in [1.29, 1.82) is 0 Å². The van der Waals surface area contributed by atoms with E-state index in [4.69, 9.17) is 4.74 Å². The van der Waals surface area contributed by atoms with Crippen LogP contribution < -0.4 is 15.4 Å². The van der Waals surface area contributed by atoms with Crippen molar-refractivity contribution in [2.45, 2.75) is 19.4 Å². The van der Waals surface area contributed by atoms with E-state index >= 15 is 0 Å². The summed E-state index contributed by atoms with van der Waals surface area (Å²) in [4.78, 5) is 11.1. The van der Waals surface area contributed by atoms with Gasteiger partial charge in [0.15, 0.2) is 0 Å². The van der Waals surface area contributed by atoms with Crippen LogP contribution in [0.3, 0.4) is 0 Å². The first-order valence-electron chi connectivity index (χ1n) is 5.94. The number of hydrogen-bond acceptors (Lipinski definition) is 3. The van der Waals surface area contributed by atoms with Gasteiger partial charge in [-0.25, -0.2) is 0 Å². The third kappa shape index (κ3) is 4.66. The van der Waals surface area contributed by atoms with Crippen molar-refractivity contribution in [2.75, 3.05) is 20.7 Å². The number of para-hydroxylation sites is 1. The highest BCUT2D eigenvalue weighted by Gasteiger charge is 2.07. The Labute approximate surface area is 116 Å². The van der Waals surface area contributed by atoms with E-state index in [2.05, 4.69) is 26.6 Å². The fourth-order valence-electron chi connectivity index (χ4n) is 1.58. The van der Waals surface area contributed by atoms with E-state index in [9.17, 15) is 4.79 Å². The van der Waals surface area contributed by atoms with Crippen molar-refractivity contribution in [3.8, 4) is 5.75 Å². The van der Waals surface area contributed by atoms with Gasteiger partial charge in [-0.05, 0) is 35.5 Å². The first-order chi connectivity index (χ1) is 8.69. The zero-order chi connectivity index (χ0) is 13.4. The smallest absolute Gasteiger partial charge is 0.219 e. The summed E-state index contributed by atoms with van der Waals surface area (Å²) in [5.74, 6) is 0.893. The van der Waals surface area contributed by atoms with E-state index < -0.39 is 0 Å². The van der Waals surface area contributed by atoms with E-state index in [1.54, 1.807) is 7.05 Å². The Morgan fingerprint density at radius 2 is 2.17 bits per heavy atom. The highest BCUT2D eigenvalue weighted by atomic mass is 79.9. The second-order valence-electron chi connectivity index (χ2n) is 3.88. The molecule has 0 bridgehead atoms.